The van der Waals surface area contributed by atoms with Gasteiger partial charge in [0.1, 0.15) is 5.69 Å². The van der Waals surface area contributed by atoms with Crippen molar-refractivity contribution in [3.63, 3.8) is 0 Å². The summed E-state index contributed by atoms with van der Waals surface area (Å²) in [4.78, 5) is 4.24. The van der Waals surface area contributed by atoms with E-state index in [0.717, 1.165) is 24.0 Å². The van der Waals surface area contributed by atoms with Crippen molar-refractivity contribution in [1.82, 2.24) is 4.98 Å². The van der Waals surface area contributed by atoms with Gasteiger partial charge in [-0.3, -0.25) is 4.98 Å². The summed E-state index contributed by atoms with van der Waals surface area (Å²) in [7, 11) is 0. The van der Waals surface area contributed by atoms with Crippen LogP contribution in [0.15, 0.2) is 12.3 Å². The summed E-state index contributed by atoms with van der Waals surface area (Å²) in [6, 6.07) is 2.18. The SMILES string of the molecule is CCc1cc(C(C)C(N)CC)cnc1C(O)=S. The van der Waals surface area contributed by atoms with Crippen molar-refractivity contribution in [2.24, 2.45) is 5.73 Å². The lowest BCUT2D eigenvalue weighted by molar-refractivity contribution is 0.548. The van der Waals surface area contributed by atoms with E-state index in [1.54, 1.807) is 6.20 Å². The van der Waals surface area contributed by atoms with Gasteiger partial charge in [-0.15, -0.1) is 0 Å². The fourth-order valence-corrected chi connectivity index (χ4v) is 2.02. The van der Waals surface area contributed by atoms with Crippen LogP contribution in [-0.4, -0.2) is 21.2 Å². The molecule has 4 heteroatoms. The van der Waals surface area contributed by atoms with Crippen molar-refractivity contribution >= 4 is 17.3 Å². The number of nitrogens with two attached hydrogens (primary N) is 1. The van der Waals surface area contributed by atoms with Crippen LogP contribution in [0.5, 0.6) is 0 Å². The quantitative estimate of drug-likeness (QED) is 0.791. The van der Waals surface area contributed by atoms with Crippen LogP contribution in [0.1, 0.15) is 49.9 Å². The monoisotopic (exact) mass is 252 g/mol. The molecule has 0 radical (unpaired) electrons. The Hall–Kier alpha value is -1.00. The maximum Gasteiger partial charge on any atom is 0.207 e. The van der Waals surface area contributed by atoms with Crippen molar-refractivity contribution in [3.05, 3.63) is 29.1 Å². The van der Waals surface area contributed by atoms with Crippen LogP contribution < -0.4 is 5.73 Å². The lowest BCUT2D eigenvalue weighted by Gasteiger charge is -2.19. The molecule has 1 aromatic heterocycles. The van der Waals surface area contributed by atoms with E-state index < -0.39 is 0 Å². The Morgan fingerprint density at radius 1 is 1.53 bits per heavy atom. The number of aliphatic hydroxyl groups is 1. The van der Waals surface area contributed by atoms with Gasteiger partial charge in [0.25, 0.3) is 0 Å². The molecule has 0 aliphatic heterocycles. The van der Waals surface area contributed by atoms with Crippen LogP contribution in [0.3, 0.4) is 0 Å². The minimum absolute atomic E-state index is 0.133. The molecule has 2 atom stereocenters. The molecule has 1 heterocycles. The summed E-state index contributed by atoms with van der Waals surface area (Å²) in [5.41, 5.74) is 8.64. The minimum Gasteiger partial charge on any atom is -0.497 e. The second-order valence-corrected chi connectivity index (χ2v) is 4.68. The highest BCUT2D eigenvalue weighted by molar-refractivity contribution is 7.80. The van der Waals surface area contributed by atoms with Gasteiger partial charge in [0, 0.05) is 12.2 Å². The highest BCUT2D eigenvalue weighted by Gasteiger charge is 2.16. The first kappa shape index (κ1) is 14.1. The summed E-state index contributed by atoms with van der Waals surface area (Å²) in [5.74, 6) is 0.263. The number of aryl methyl sites for hydroxylation is 1. The zero-order valence-corrected chi connectivity index (χ0v) is 11.4. The molecule has 94 valence electrons. The van der Waals surface area contributed by atoms with Crippen LogP contribution >= 0.6 is 12.2 Å². The first-order chi connectivity index (χ1) is 8.01. The molecule has 0 saturated heterocycles. The number of aromatic nitrogens is 1. The van der Waals surface area contributed by atoms with Gasteiger partial charge in [-0.2, -0.15) is 0 Å². The molecule has 0 bridgehead atoms. The fourth-order valence-electron chi connectivity index (χ4n) is 1.84. The first-order valence-corrected chi connectivity index (χ1v) is 6.39. The average Bonchev–Trinajstić information content (AvgIpc) is 2.35. The highest BCUT2D eigenvalue weighted by atomic mass is 32.1. The first-order valence-electron chi connectivity index (χ1n) is 5.98. The van der Waals surface area contributed by atoms with Crippen LogP contribution in [-0.2, 0) is 6.42 Å². The molecule has 1 aromatic rings. The molecule has 3 nitrogen and oxygen atoms in total. The van der Waals surface area contributed by atoms with Gasteiger partial charge >= 0.3 is 0 Å². The van der Waals surface area contributed by atoms with Gasteiger partial charge in [-0.25, -0.2) is 0 Å². The third-order valence-electron chi connectivity index (χ3n) is 3.21. The van der Waals surface area contributed by atoms with Gasteiger partial charge in [-0.05, 0) is 42.1 Å². The maximum absolute atomic E-state index is 9.36. The summed E-state index contributed by atoms with van der Waals surface area (Å²) in [6.07, 6.45) is 3.49. The van der Waals surface area contributed by atoms with E-state index >= 15 is 0 Å². The summed E-state index contributed by atoms with van der Waals surface area (Å²) >= 11 is 4.77. The molecule has 0 aromatic carbocycles. The second-order valence-electron chi connectivity index (χ2n) is 4.30. The van der Waals surface area contributed by atoms with Gasteiger partial charge in [0.2, 0.25) is 5.05 Å². The third-order valence-corrected chi connectivity index (χ3v) is 3.40. The van der Waals surface area contributed by atoms with Crippen LogP contribution in [0, 0.1) is 0 Å². The lowest BCUT2D eigenvalue weighted by Crippen LogP contribution is -2.26. The van der Waals surface area contributed by atoms with E-state index in [0.29, 0.717) is 5.69 Å². The second kappa shape index (κ2) is 6.07. The Balaban J connectivity index is 3.09. The molecule has 0 saturated carbocycles. The zero-order chi connectivity index (χ0) is 13.0. The molecule has 2 unspecified atom stereocenters. The number of thiocarbonyl (C=S) groups is 1. The molecule has 17 heavy (non-hydrogen) atoms. The van der Waals surface area contributed by atoms with E-state index in [-0.39, 0.29) is 17.0 Å². The van der Waals surface area contributed by atoms with Crippen molar-refractivity contribution in [3.8, 4) is 0 Å². The van der Waals surface area contributed by atoms with E-state index in [2.05, 4.69) is 18.8 Å². The Morgan fingerprint density at radius 2 is 2.18 bits per heavy atom. The van der Waals surface area contributed by atoms with Crippen molar-refractivity contribution in [2.45, 2.75) is 45.6 Å². The van der Waals surface area contributed by atoms with E-state index in [1.807, 2.05) is 13.0 Å². The largest absolute Gasteiger partial charge is 0.497 e. The Morgan fingerprint density at radius 3 is 2.65 bits per heavy atom. The molecular weight excluding hydrogens is 232 g/mol. The Kier molecular flexibility index (Phi) is 5.02. The molecule has 1 rings (SSSR count). The number of hydrogen-bond acceptors (Lipinski definition) is 3. The predicted molar refractivity (Wildman–Crippen MR) is 74.6 cm³/mol. The lowest BCUT2D eigenvalue weighted by atomic mass is 9.92. The molecule has 3 N–H and O–H groups in total. The van der Waals surface area contributed by atoms with E-state index in [9.17, 15) is 5.11 Å². The molecule has 0 aliphatic carbocycles. The van der Waals surface area contributed by atoms with Crippen molar-refractivity contribution < 1.29 is 5.11 Å². The number of rotatable bonds is 5. The Bertz CT molecular complexity index is 406. The molecule has 0 aliphatic rings. The number of hydrogen-bond donors (Lipinski definition) is 2. The van der Waals surface area contributed by atoms with Crippen molar-refractivity contribution in [1.29, 1.82) is 0 Å². The standard InChI is InChI=1S/C13H20N2OS/c1-4-9-6-10(8(3)11(14)5-2)7-15-12(9)13(16)17/h6-8,11H,4-5,14H2,1-3H3,(H,16,17). The maximum atomic E-state index is 9.36. The average molecular weight is 252 g/mol. The number of pyridine rings is 1. The van der Waals surface area contributed by atoms with E-state index in [4.69, 9.17) is 18.0 Å². The van der Waals surface area contributed by atoms with Crippen LogP contribution in [0.2, 0.25) is 0 Å². The van der Waals surface area contributed by atoms with Crippen LogP contribution in [0.4, 0.5) is 0 Å². The summed E-state index contributed by atoms with van der Waals surface area (Å²) in [5, 5.41) is 9.23. The fraction of sp³-hybridized carbons (Fsp3) is 0.538. The topological polar surface area (TPSA) is 59.1 Å². The molecule has 0 amide bonds. The Labute approximate surface area is 108 Å². The van der Waals surface area contributed by atoms with Gasteiger partial charge < -0.3 is 10.8 Å². The van der Waals surface area contributed by atoms with Gasteiger partial charge in [0.05, 0.1) is 0 Å². The van der Waals surface area contributed by atoms with E-state index in [1.165, 1.54) is 0 Å². The third kappa shape index (κ3) is 3.23. The van der Waals surface area contributed by atoms with Gasteiger partial charge in [-0.1, -0.05) is 26.8 Å². The normalized spacial score (nSPS) is 14.4. The minimum atomic E-state index is -0.138. The molecule has 0 spiro atoms. The van der Waals surface area contributed by atoms with Gasteiger partial charge in [0.15, 0.2) is 0 Å². The number of nitrogens with zero attached hydrogens (tertiary/aromatic N) is 1. The summed E-state index contributed by atoms with van der Waals surface area (Å²) in [6.45, 7) is 6.20. The predicted octanol–water partition coefficient (Wildman–Crippen LogP) is 2.72. The highest BCUT2D eigenvalue weighted by Crippen LogP contribution is 2.21. The summed E-state index contributed by atoms with van der Waals surface area (Å²) < 4.78 is 0. The molecule has 0 fully saturated rings. The smallest absolute Gasteiger partial charge is 0.207 e. The zero-order valence-electron chi connectivity index (χ0n) is 10.6. The number of aliphatic hydroxyl groups excluding tert-OH is 1. The van der Waals surface area contributed by atoms with Crippen molar-refractivity contribution in [2.75, 3.05) is 0 Å². The molecular formula is C13H20N2OS. The van der Waals surface area contributed by atoms with Crippen LogP contribution in [0.25, 0.3) is 0 Å².